The van der Waals surface area contributed by atoms with E-state index in [1.165, 1.54) is 13.8 Å². The zero-order chi connectivity index (χ0) is 9.90. The standard InChI is InChI=1S/C10H10FNO/c1-10(2,11)13-9-5-3-8(7-12)4-6-9/h3-6H,1-2H3. The first-order chi connectivity index (χ1) is 6.01. The highest BCUT2D eigenvalue weighted by molar-refractivity contribution is 5.34. The average Bonchev–Trinajstić information content (AvgIpc) is 2.03. The van der Waals surface area contributed by atoms with Gasteiger partial charge in [0.1, 0.15) is 5.75 Å². The molecule has 0 amide bonds. The quantitative estimate of drug-likeness (QED) is 0.699. The maximum absolute atomic E-state index is 13.0. The number of nitrogens with zero attached hydrogens (tertiary/aromatic N) is 1. The van der Waals surface area contributed by atoms with Crippen molar-refractivity contribution in [3.63, 3.8) is 0 Å². The zero-order valence-corrected chi connectivity index (χ0v) is 7.54. The summed E-state index contributed by atoms with van der Waals surface area (Å²) in [5.74, 6) is -1.26. The van der Waals surface area contributed by atoms with E-state index in [0.717, 1.165) is 0 Å². The van der Waals surface area contributed by atoms with Gasteiger partial charge in [0.05, 0.1) is 11.6 Å². The van der Waals surface area contributed by atoms with Gasteiger partial charge in [-0.1, -0.05) is 0 Å². The Morgan fingerprint density at radius 1 is 1.31 bits per heavy atom. The molecule has 1 aromatic carbocycles. The highest BCUT2D eigenvalue weighted by Gasteiger charge is 2.16. The van der Waals surface area contributed by atoms with Crippen LogP contribution in [-0.4, -0.2) is 5.85 Å². The molecule has 0 saturated carbocycles. The molecule has 0 saturated heterocycles. The Morgan fingerprint density at radius 3 is 2.23 bits per heavy atom. The minimum atomic E-state index is -1.69. The average molecular weight is 179 g/mol. The van der Waals surface area contributed by atoms with Gasteiger partial charge in [-0.3, -0.25) is 0 Å². The molecule has 0 radical (unpaired) electrons. The SMILES string of the molecule is CC(C)(F)Oc1ccc(C#N)cc1. The van der Waals surface area contributed by atoms with Crippen LogP contribution in [0.4, 0.5) is 4.39 Å². The van der Waals surface area contributed by atoms with Gasteiger partial charge in [-0.15, -0.1) is 0 Å². The molecule has 3 heteroatoms. The molecule has 0 spiro atoms. The van der Waals surface area contributed by atoms with Gasteiger partial charge in [-0.25, -0.2) is 0 Å². The van der Waals surface area contributed by atoms with Gasteiger partial charge in [0.2, 0.25) is 5.85 Å². The molecule has 1 rings (SSSR count). The monoisotopic (exact) mass is 179 g/mol. The number of ether oxygens (including phenoxy) is 1. The Morgan fingerprint density at radius 2 is 1.85 bits per heavy atom. The van der Waals surface area contributed by atoms with Crippen LogP contribution in [0.3, 0.4) is 0 Å². The second-order valence-corrected chi connectivity index (χ2v) is 3.10. The fourth-order valence-corrected chi connectivity index (χ4v) is 0.878. The predicted molar refractivity (Wildman–Crippen MR) is 47.0 cm³/mol. The lowest BCUT2D eigenvalue weighted by molar-refractivity contribution is -0.0257. The van der Waals surface area contributed by atoms with Crippen molar-refractivity contribution in [2.45, 2.75) is 19.7 Å². The van der Waals surface area contributed by atoms with Crippen LogP contribution in [0.5, 0.6) is 5.75 Å². The molecule has 0 fully saturated rings. The maximum Gasteiger partial charge on any atom is 0.242 e. The fourth-order valence-electron chi connectivity index (χ4n) is 0.878. The van der Waals surface area contributed by atoms with Crippen molar-refractivity contribution < 1.29 is 9.13 Å². The molecule has 0 aromatic heterocycles. The molecule has 0 aliphatic heterocycles. The first kappa shape index (κ1) is 9.53. The molecule has 0 aliphatic carbocycles. The number of hydrogen-bond acceptors (Lipinski definition) is 2. The van der Waals surface area contributed by atoms with E-state index in [4.69, 9.17) is 10.00 Å². The third-order valence-corrected chi connectivity index (χ3v) is 1.34. The second-order valence-electron chi connectivity index (χ2n) is 3.10. The molecular formula is C10H10FNO. The van der Waals surface area contributed by atoms with Crippen molar-refractivity contribution in [2.75, 3.05) is 0 Å². The first-order valence-electron chi connectivity index (χ1n) is 3.89. The van der Waals surface area contributed by atoms with Crippen LogP contribution in [0, 0.1) is 11.3 Å². The highest BCUT2D eigenvalue weighted by atomic mass is 19.2. The number of hydrogen-bond donors (Lipinski definition) is 0. The smallest absolute Gasteiger partial charge is 0.242 e. The highest BCUT2D eigenvalue weighted by Crippen LogP contribution is 2.19. The minimum absolute atomic E-state index is 0.423. The molecule has 2 nitrogen and oxygen atoms in total. The van der Waals surface area contributed by atoms with Gasteiger partial charge in [0.25, 0.3) is 0 Å². The number of alkyl halides is 1. The van der Waals surface area contributed by atoms with Crippen LogP contribution in [0.1, 0.15) is 19.4 Å². The fraction of sp³-hybridized carbons (Fsp3) is 0.300. The number of halogens is 1. The third kappa shape index (κ3) is 3.12. The van der Waals surface area contributed by atoms with E-state index in [9.17, 15) is 4.39 Å². The van der Waals surface area contributed by atoms with Crippen molar-refractivity contribution in [3.05, 3.63) is 29.8 Å². The largest absolute Gasteiger partial charge is 0.459 e. The summed E-state index contributed by atoms with van der Waals surface area (Å²) in [6.07, 6.45) is 0. The van der Waals surface area contributed by atoms with Crippen molar-refractivity contribution in [1.29, 1.82) is 5.26 Å². The van der Waals surface area contributed by atoms with Gasteiger partial charge in [-0.05, 0) is 24.3 Å². The number of nitriles is 1. The molecule has 0 heterocycles. The van der Waals surface area contributed by atoms with Crippen LogP contribution < -0.4 is 4.74 Å². The van der Waals surface area contributed by atoms with Gasteiger partial charge in [0, 0.05) is 13.8 Å². The summed E-state index contributed by atoms with van der Waals surface area (Å²) in [6, 6.07) is 8.28. The van der Waals surface area contributed by atoms with Gasteiger partial charge >= 0.3 is 0 Å². The molecule has 13 heavy (non-hydrogen) atoms. The summed E-state index contributed by atoms with van der Waals surface area (Å²) in [4.78, 5) is 0. The van der Waals surface area contributed by atoms with E-state index in [1.807, 2.05) is 6.07 Å². The molecule has 68 valence electrons. The zero-order valence-electron chi connectivity index (χ0n) is 7.54. The van der Waals surface area contributed by atoms with E-state index in [0.29, 0.717) is 11.3 Å². The Kier molecular flexibility index (Phi) is 2.52. The van der Waals surface area contributed by atoms with E-state index in [2.05, 4.69) is 0 Å². The van der Waals surface area contributed by atoms with Crippen LogP contribution in [0.2, 0.25) is 0 Å². The van der Waals surface area contributed by atoms with Crippen molar-refractivity contribution in [3.8, 4) is 11.8 Å². The van der Waals surface area contributed by atoms with Crippen LogP contribution >= 0.6 is 0 Å². The van der Waals surface area contributed by atoms with Crippen molar-refractivity contribution in [2.24, 2.45) is 0 Å². The summed E-state index contributed by atoms with van der Waals surface area (Å²) in [5.41, 5.74) is 0.531. The maximum atomic E-state index is 13.0. The lowest BCUT2D eigenvalue weighted by Gasteiger charge is -2.16. The summed E-state index contributed by atoms with van der Waals surface area (Å²) < 4.78 is 17.9. The molecule has 0 N–H and O–H groups in total. The summed E-state index contributed by atoms with van der Waals surface area (Å²) in [6.45, 7) is 2.65. The number of benzene rings is 1. The van der Waals surface area contributed by atoms with Crippen LogP contribution in [0.15, 0.2) is 24.3 Å². The lowest BCUT2D eigenvalue weighted by Crippen LogP contribution is -2.20. The van der Waals surface area contributed by atoms with Gasteiger partial charge < -0.3 is 4.74 Å². The second kappa shape index (κ2) is 3.44. The van der Waals surface area contributed by atoms with E-state index < -0.39 is 5.85 Å². The summed E-state index contributed by atoms with van der Waals surface area (Å²) in [7, 11) is 0. The Hall–Kier alpha value is -1.56. The van der Waals surface area contributed by atoms with E-state index >= 15 is 0 Å². The Balaban J connectivity index is 2.77. The molecule has 1 aromatic rings. The molecule has 0 aliphatic rings. The van der Waals surface area contributed by atoms with E-state index in [-0.39, 0.29) is 0 Å². The van der Waals surface area contributed by atoms with Crippen molar-refractivity contribution >= 4 is 0 Å². The van der Waals surface area contributed by atoms with E-state index in [1.54, 1.807) is 24.3 Å². The third-order valence-electron chi connectivity index (χ3n) is 1.34. The minimum Gasteiger partial charge on any atom is -0.459 e. The van der Waals surface area contributed by atoms with Crippen LogP contribution in [-0.2, 0) is 0 Å². The molecule has 0 atom stereocenters. The number of rotatable bonds is 2. The normalized spacial score (nSPS) is 10.6. The lowest BCUT2D eigenvalue weighted by atomic mass is 10.2. The first-order valence-corrected chi connectivity index (χ1v) is 3.89. The summed E-state index contributed by atoms with van der Waals surface area (Å²) >= 11 is 0. The topological polar surface area (TPSA) is 33.0 Å². The Bertz CT molecular complexity index is 318. The van der Waals surface area contributed by atoms with Gasteiger partial charge in [-0.2, -0.15) is 9.65 Å². The molecule has 0 unspecified atom stereocenters. The molecular weight excluding hydrogens is 169 g/mol. The summed E-state index contributed by atoms with van der Waals surface area (Å²) in [5, 5.41) is 8.50. The van der Waals surface area contributed by atoms with Crippen LogP contribution in [0.25, 0.3) is 0 Å². The van der Waals surface area contributed by atoms with Crippen molar-refractivity contribution in [1.82, 2.24) is 0 Å². The predicted octanol–water partition coefficient (Wildman–Crippen LogP) is 2.64. The molecule has 0 bridgehead atoms. The van der Waals surface area contributed by atoms with Gasteiger partial charge in [0.15, 0.2) is 0 Å². The Labute approximate surface area is 76.6 Å².